The van der Waals surface area contributed by atoms with Gasteiger partial charge in [-0.2, -0.15) is 0 Å². The van der Waals surface area contributed by atoms with Gasteiger partial charge in [-0.25, -0.2) is 4.79 Å². The Morgan fingerprint density at radius 1 is 1.10 bits per heavy atom. The normalized spacial score (nSPS) is 21.3. The van der Waals surface area contributed by atoms with Crippen molar-refractivity contribution >= 4 is 45.0 Å². The summed E-state index contributed by atoms with van der Waals surface area (Å²) in [5.41, 5.74) is 2.19. The monoisotopic (exact) mass is 464 g/mol. The van der Waals surface area contributed by atoms with Crippen LogP contribution in [0.15, 0.2) is 63.8 Å². The Kier molecular flexibility index (Phi) is 4.02. The first-order chi connectivity index (χ1) is 14.4. The number of anilines is 1. The summed E-state index contributed by atoms with van der Waals surface area (Å²) >= 11 is 3.47. The maximum atomic E-state index is 13.6. The average molecular weight is 465 g/mol. The van der Waals surface area contributed by atoms with Gasteiger partial charge in [0.25, 0.3) is 0 Å². The molecule has 0 fully saturated rings. The Bertz CT molecular complexity index is 1240. The van der Waals surface area contributed by atoms with Crippen LogP contribution in [0.25, 0.3) is 5.70 Å². The second-order valence-electron chi connectivity index (χ2n) is 7.36. The first-order valence-corrected chi connectivity index (χ1v) is 10.4. The molecule has 1 spiro atoms. The zero-order valence-corrected chi connectivity index (χ0v) is 17.8. The number of halogens is 1. The number of allylic oxidation sites excluding steroid dienone is 1. The highest BCUT2D eigenvalue weighted by Gasteiger charge is 2.61. The lowest BCUT2D eigenvalue weighted by molar-refractivity contribution is -0.140. The van der Waals surface area contributed by atoms with Crippen molar-refractivity contribution in [1.82, 2.24) is 5.32 Å². The Balaban J connectivity index is 1.89. The number of fused-ring (bicyclic) bond motifs is 5. The fourth-order valence-corrected chi connectivity index (χ4v) is 5.07. The molecule has 2 aromatic rings. The molecule has 150 valence electrons. The van der Waals surface area contributed by atoms with Crippen molar-refractivity contribution in [2.45, 2.75) is 19.3 Å². The van der Waals surface area contributed by atoms with Crippen LogP contribution in [-0.4, -0.2) is 24.3 Å². The molecule has 1 atom stereocenters. The van der Waals surface area contributed by atoms with E-state index in [-0.39, 0.29) is 23.5 Å². The summed E-state index contributed by atoms with van der Waals surface area (Å²) in [5, 5.41) is 6.09. The molecule has 2 aromatic carbocycles. The zero-order chi connectivity index (χ0) is 21.2. The van der Waals surface area contributed by atoms with Gasteiger partial charge in [-0.05, 0) is 32.0 Å². The Hall–Kier alpha value is -3.19. The molecule has 6 nitrogen and oxygen atoms in total. The van der Waals surface area contributed by atoms with E-state index in [4.69, 9.17) is 4.74 Å². The Labute approximate surface area is 181 Å². The van der Waals surface area contributed by atoms with Crippen LogP contribution in [0.2, 0.25) is 0 Å². The number of rotatable bonds is 2. The molecular formula is C23H17BrN2O4. The molecule has 2 heterocycles. The average Bonchev–Trinajstić information content (AvgIpc) is 3.15. The van der Waals surface area contributed by atoms with Crippen LogP contribution >= 0.6 is 15.9 Å². The van der Waals surface area contributed by atoms with Gasteiger partial charge in [0.15, 0.2) is 5.78 Å². The van der Waals surface area contributed by atoms with E-state index >= 15 is 0 Å². The van der Waals surface area contributed by atoms with Gasteiger partial charge in [0.1, 0.15) is 5.41 Å². The molecule has 2 N–H and O–H groups in total. The number of ketones is 1. The highest BCUT2D eigenvalue weighted by Crippen LogP contribution is 2.56. The lowest BCUT2D eigenvalue weighted by atomic mass is 9.66. The van der Waals surface area contributed by atoms with Gasteiger partial charge in [0, 0.05) is 38.1 Å². The standard InChI is InChI=1S/C23H17BrN2O4/c1-3-30-21(28)17-11(2)25-19-13-6-4-5-7-14(13)20(27)18(19)23(17)15-10-12(24)8-9-16(15)26-22(23)29/h4-10,25H,3H2,1-2H3,(H,26,29). The Morgan fingerprint density at radius 2 is 1.83 bits per heavy atom. The third-order valence-corrected chi connectivity index (χ3v) is 6.30. The van der Waals surface area contributed by atoms with E-state index in [0.717, 1.165) is 10.0 Å². The van der Waals surface area contributed by atoms with Gasteiger partial charge in [-0.15, -0.1) is 0 Å². The van der Waals surface area contributed by atoms with Gasteiger partial charge < -0.3 is 15.4 Å². The third kappa shape index (κ3) is 2.21. The summed E-state index contributed by atoms with van der Waals surface area (Å²) in [7, 11) is 0. The number of benzene rings is 2. The van der Waals surface area contributed by atoms with E-state index in [1.54, 1.807) is 44.2 Å². The fraction of sp³-hybridized carbons (Fsp3) is 0.174. The van der Waals surface area contributed by atoms with Crippen molar-refractivity contribution in [1.29, 1.82) is 0 Å². The number of dihydropyridines is 1. The molecule has 1 aliphatic carbocycles. The van der Waals surface area contributed by atoms with E-state index in [1.807, 2.05) is 12.1 Å². The van der Waals surface area contributed by atoms with Gasteiger partial charge >= 0.3 is 5.97 Å². The number of hydrogen-bond donors (Lipinski definition) is 2. The molecule has 3 aliphatic rings. The molecule has 0 bridgehead atoms. The number of esters is 1. The molecule has 5 rings (SSSR count). The second kappa shape index (κ2) is 6.40. The van der Waals surface area contributed by atoms with E-state index in [0.29, 0.717) is 28.2 Å². The third-order valence-electron chi connectivity index (χ3n) is 5.81. The highest BCUT2D eigenvalue weighted by atomic mass is 79.9. The Morgan fingerprint density at radius 3 is 2.57 bits per heavy atom. The largest absolute Gasteiger partial charge is 0.463 e. The SMILES string of the molecule is CCOC(=O)C1=C(C)NC2=C(C(=O)c3ccccc32)C12C(=O)Nc1ccc(Br)cc12. The summed E-state index contributed by atoms with van der Waals surface area (Å²) < 4.78 is 6.07. The quantitative estimate of drug-likeness (QED) is 0.662. The summed E-state index contributed by atoms with van der Waals surface area (Å²) in [6, 6.07) is 12.6. The van der Waals surface area contributed by atoms with Crippen LogP contribution in [0.4, 0.5) is 5.69 Å². The van der Waals surface area contributed by atoms with Crippen LogP contribution in [-0.2, 0) is 19.7 Å². The number of hydrogen-bond acceptors (Lipinski definition) is 5. The topological polar surface area (TPSA) is 84.5 Å². The van der Waals surface area contributed by atoms with E-state index in [1.165, 1.54) is 0 Å². The molecule has 0 saturated carbocycles. The number of carbonyl (C=O) groups excluding carboxylic acids is 3. The van der Waals surface area contributed by atoms with Crippen LogP contribution in [0.5, 0.6) is 0 Å². The molecule has 30 heavy (non-hydrogen) atoms. The molecule has 1 unspecified atom stereocenters. The minimum absolute atomic E-state index is 0.138. The first kappa shape index (κ1) is 18.8. The number of amides is 1. The lowest BCUT2D eigenvalue weighted by Crippen LogP contribution is -2.48. The summed E-state index contributed by atoms with van der Waals surface area (Å²) in [5.74, 6) is -1.33. The predicted molar refractivity (Wildman–Crippen MR) is 115 cm³/mol. The minimum Gasteiger partial charge on any atom is -0.463 e. The van der Waals surface area contributed by atoms with Crippen molar-refractivity contribution < 1.29 is 19.1 Å². The van der Waals surface area contributed by atoms with E-state index in [9.17, 15) is 14.4 Å². The smallest absolute Gasteiger partial charge is 0.337 e. The van der Waals surface area contributed by atoms with Crippen LogP contribution in [0.1, 0.15) is 35.3 Å². The summed E-state index contributed by atoms with van der Waals surface area (Å²) in [4.78, 5) is 40.4. The van der Waals surface area contributed by atoms with Crippen LogP contribution in [0, 0.1) is 0 Å². The van der Waals surface area contributed by atoms with Crippen molar-refractivity contribution in [3.05, 3.63) is 80.5 Å². The van der Waals surface area contributed by atoms with Gasteiger partial charge in [-0.1, -0.05) is 40.2 Å². The van der Waals surface area contributed by atoms with Gasteiger partial charge in [0.2, 0.25) is 5.91 Å². The van der Waals surface area contributed by atoms with E-state index in [2.05, 4.69) is 26.6 Å². The number of carbonyl (C=O) groups is 3. The van der Waals surface area contributed by atoms with Crippen molar-refractivity contribution in [2.24, 2.45) is 0 Å². The predicted octanol–water partition coefficient (Wildman–Crippen LogP) is 3.69. The number of ether oxygens (including phenoxy) is 1. The van der Waals surface area contributed by atoms with Gasteiger partial charge in [-0.3, -0.25) is 9.59 Å². The van der Waals surface area contributed by atoms with Crippen molar-refractivity contribution in [2.75, 3.05) is 11.9 Å². The first-order valence-electron chi connectivity index (χ1n) is 9.57. The molecule has 1 amide bonds. The second-order valence-corrected chi connectivity index (χ2v) is 8.28. The highest BCUT2D eigenvalue weighted by molar-refractivity contribution is 9.10. The molecular weight excluding hydrogens is 448 g/mol. The lowest BCUT2D eigenvalue weighted by Gasteiger charge is -2.36. The maximum Gasteiger partial charge on any atom is 0.337 e. The van der Waals surface area contributed by atoms with Crippen LogP contribution in [0.3, 0.4) is 0 Å². The molecule has 0 aromatic heterocycles. The maximum absolute atomic E-state index is 13.6. The summed E-state index contributed by atoms with van der Waals surface area (Å²) in [6.45, 7) is 3.59. The number of Topliss-reactive ketones (excluding diaryl/α,β-unsaturated/α-hetero) is 1. The van der Waals surface area contributed by atoms with Gasteiger partial charge in [0.05, 0.1) is 17.9 Å². The van der Waals surface area contributed by atoms with Crippen molar-refractivity contribution in [3.63, 3.8) is 0 Å². The summed E-state index contributed by atoms with van der Waals surface area (Å²) in [6.07, 6.45) is 0. The van der Waals surface area contributed by atoms with Crippen LogP contribution < -0.4 is 10.6 Å². The fourth-order valence-electron chi connectivity index (χ4n) is 4.71. The number of nitrogens with one attached hydrogen (secondary N) is 2. The molecule has 0 radical (unpaired) electrons. The minimum atomic E-state index is -1.59. The van der Waals surface area contributed by atoms with Crippen molar-refractivity contribution in [3.8, 4) is 0 Å². The molecule has 2 aliphatic heterocycles. The van der Waals surface area contributed by atoms with E-state index < -0.39 is 17.3 Å². The molecule has 0 saturated heterocycles. The molecule has 7 heteroatoms. The zero-order valence-electron chi connectivity index (χ0n) is 16.3.